The minimum Gasteiger partial charge on any atom is -0.361 e. The van der Waals surface area contributed by atoms with Crippen molar-refractivity contribution >= 4 is 17.2 Å². The zero-order chi connectivity index (χ0) is 13.7. The fraction of sp³-hybridized carbons (Fsp3) is 0.231. The van der Waals surface area contributed by atoms with Gasteiger partial charge in [-0.15, -0.1) is 11.3 Å². The van der Waals surface area contributed by atoms with Gasteiger partial charge in [-0.05, 0) is 13.0 Å². The molecule has 0 spiro atoms. The molecule has 5 nitrogen and oxygen atoms in total. The average Bonchev–Trinajstić information content (AvgIpc) is 3.02. The monoisotopic (exact) mass is 275 g/mol. The van der Waals surface area contributed by atoms with Crippen molar-refractivity contribution in [3.63, 3.8) is 0 Å². The molecular formula is C13H13N3O2S. The van der Waals surface area contributed by atoms with Gasteiger partial charge in [-0.25, -0.2) is 0 Å². The molecule has 2 heterocycles. The Bertz CT molecular complexity index is 634. The summed E-state index contributed by atoms with van der Waals surface area (Å²) >= 11 is 1.54. The summed E-state index contributed by atoms with van der Waals surface area (Å²) in [6.45, 7) is 2.53. The molecule has 0 aliphatic rings. The highest BCUT2D eigenvalue weighted by Gasteiger charge is 2.10. The van der Waals surface area contributed by atoms with Crippen LogP contribution in [0.2, 0.25) is 0 Å². The lowest BCUT2D eigenvalue weighted by Gasteiger charge is -1.99. The molecule has 19 heavy (non-hydrogen) atoms. The second kappa shape index (κ2) is 6.18. The van der Waals surface area contributed by atoms with Gasteiger partial charge >= 0.3 is 0 Å². The van der Waals surface area contributed by atoms with Gasteiger partial charge < -0.3 is 15.6 Å². The van der Waals surface area contributed by atoms with Crippen LogP contribution in [0, 0.1) is 18.8 Å². The number of nitrogens with zero attached hydrogens (tertiary/aromatic N) is 1. The van der Waals surface area contributed by atoms with Crippen LogP contribution in [0.1, 0.15) is 26.7 Å². The highest BCUT2D eigenvalue weighted by molar-refractivity contribution is 7.10. The predicted octanol–water partition coefficient (Wildman–Crippen LogP) is 1.28. The third-order valence-corrected chi connectivity index (χ3v) is 3.21. The zero-order valence-electron chi connectivity index (χ0n) is 10.4. The molecule has 2 aromatic heterocycles. The van der Waals surface area contributed by atoms with Crippen LogP contribution in [-0.4, -0.2) is 17.6 Å². The summed E-state index contributed by atoms with van der Waals surface area (Å²) < 4.78 is 4.85. The van der Waals surface area contributed by atoms with Gasteiger partial charge in [-0.2, -0.15) is 0 Å². The molecule has 3 N–H and O–H groups in total. The Kier molecular flexibility index (Phi) is 4.34. The number of hydrogen-bond donors (Lipinski definition) is 2. The Hall–Kier alpha value is -2.10. The minimum absolute atomic E-state index is 0.250. The zero-order valence-corrected chi connectivity index (χ0v) is 11.2. The fourth-order valence-corrected chi connectivity index (χ4v) is 2.18. The lowest BCUT2D eigenvalue weighted by Crippen LogP contribution is -2.22. The van der Waals surface area contributed by atoms with Crippen molar-refractivity contribution in [2.75, 3.05) is 6.54 Å². The Morgan fingerprint density at radius 1 is 1.58 bits per heavy atom. The van der Waals surface area contributed by atoms with Crippen LogP contribution in [0.4, 0.5) is 0 Å². The number of nitrogens with two attached hydrogens (primary N) is 1. The maximum absolute atomic E-state index is 11.7. The van der Waals surface area contributed by atoms with Crippen LogP contribution < -0.4 is 11.1 Å². The first-order valence-corrected chi connectivity index (χ1v) is 6.55. The summed E-state index contributed by atoms with van der Waals surface area (Å²) in [4.78, 5) is 12.8. The molecule has 0 bridgehead atoms. The third-order valence-electron chi connectivity index (χ3n) is 2.27. The second-order valence-corrected chi connectivity index (χ2v) is 4.81. The average molecular weight is 275 g/mol. The van der Waals surface area contributed by atoms with Crippen LogP contribution in [-0.2, 0) is 6.54 Å². The molecular weight excluding hydrogens is 262 g/mol. The van der Waals surface area contributed by atoms with Crippen LogP contribution in [0.25, 0.3) is 0 Å². The van der Waals surface area contributed by atoms with Gasteiger partial charge in [0.05, 0.1) is 13.1 Å². The van der Waals surface area contributed by atoms with E-state index in [2.05, 4.69) is 22.3 Å². The normalized spacial score (nSPS) is 9.79. The molecule has 0 saturated heterocycles. The number of carbonyl (C=O) groups excluding carboxylic acids is 1. The predicted molar refractivity (Wildman–Crippen MR) is 72.7 cm³/mol. The van der Waals surface area contributed by atoms with E-state index in [0.717, 1.165) is 10.4 Å². The Morgan fingerprint density at radius 2 is 2.42 bits per heavy atom. The molecule has 0 aromatic carbocycles. The van der Waals surface area contributed by atoms with E-state index in [1.54, 1.807) is 24.3 Å². The number of carbonyl (C=O) groups is 1. The maximum Gasteiger partial charge on any atom is 0.273 e. The number of aryl methyl sites for hydroxylation is 1. The summed E-state index contributed by atoms with van der Waals surface area (Å²) in [5.74, 6) is 6.09. The molecule has 0 unspecified atom stereocenters. The van der Waals surface area contributed by atoms with Crippen LogP contribution in [0.3, 0.4) is 0 Å². The molecule has 2 aromatic rings. The Balaban J connectivity index is 1.92. The van der Waals surface area contributed by atoms with E-state index in [9.17, 15) is 4.79 Å². The molecule has 98 valence electrons. The number of aromatic nitrogens is 1. The van der Waals surface area contributed by atoms with Gasteiger partial charge in [0.25, 0.3) is 5.91 Å². The molecule has 6 heteroatoms. The van der Waals surface area contributed by atoms with Crippen molar-refractivity contribution in [1.29, 1.82) is 0 Å². The van der Waals surface area contributed by atoms with E-state index < -0.39 is 0 Å². The highest BCUT2D eigenvalue weighted by Crippen LogP contribution is 2.13. The second-order valence-electron chi connectivity index (χ2n) is 3.81. The molecule has 0 aliphatic heterocycles. The summed E-state index contributed by atoms with van der Waals surface area (Å²) in [5.41, 5.74) is 6.51. The quantitative estimate of drug-likeness (QED) is 0.827. The molecule has 1 amide bonds. The molecule has 0 atom stereocenters. The Morgan fingerprint density at radius 3 is 3.11 bits per heavy atom. The molecule has 0 saturated carbocycles. The topological polar surface area (TPSA) is 81.2 Å². The first kappa shape index (κ1) is 13.3. The van der Waals surface area contributed by atoms with Gasteiger partial charge in [0.15, 0.2) is 5.69 Å². The van der Waals surface area contributed by atoms with Crippen molar-refractivity contribution in [1.82, 2.24) is 10.5 Å². The van der Waals surface area contributed by atoms with Gasteiger partial charge in [0, 0.05) is 21.9 Å². The summed E-state index contributed by atoms with van der Waals surface area (Å²) in [5, 5.41) is 8.36. The van der Waals surface area contributed by atoms with E-state index in [-0.39, 0.29) is 11.6 Å². The van der Waals surface area contributed by atoms with E-state index >= 15 is 0 Å². The Labute approximate surface area is 114 Å². The van der Waals surface area contributed by atoms with Gasteiger partial charge in [-0.3, -0.25) is 4.79 Å². The van der Waals surface area contributed by atoms with Crippen LogP contribution in [0.15, 0.2) is 22.0 Å². The molecule has 0 aliphatic carbocycles. The van der Waals surface area contributed by atoms with Crippen molar-refractivity contribution < 1.29 is 9.32 Å². The lowest BCUT2D eigenvalue weighted by atomic mass is 10.3. The third kappa shape index (κ3) is 3.68. The summed E-state index contributed by atoms with van der Waals surface area (Å²) in [6.07, 6.45) is 0. The van der Waals surface area contributed by atoms with E-state index in [1.165, 1.54) is 0 Å². The van der Waals surface area contributed by atoms with Crippen molar-refractivity contribution in [3.8, 4) is 11.8 Å². The maximum atomic E-state index is 11.7. The largest absolute Gasteiger partial charge is 0.361 e. The molecule has 0 radical (unpaired) electrons. The van der Waals surface area contributed by atoms with Crippen molar-refractivity contribution in [3.05, 3.63) is 39.4 Å². The van der Waals surface area contributed by atoms with Crippen LogP contribution in [0.5, 0.6) is 0 Å². The number of nitrogens with one attached hydrogen (secondary N) is 1. The number of thiophene rings is 1. The lowest BCUT2D eigenvalue weighted by molar-refractivity contribution is 0.0942. The standard InChI is InChI=1S/C13H13N3O2S/c1-9-5-12(16-18-9)13(17)15-7-11-6-10(8-19-11)3-2-4-14/h5-6,8H,4,7,14H2,1H3,(H,15,17). The number of hydrogen-bond acceptors (Lipinski definition) is 5. The fourth-order valence-electron chi connectivity index (χ4n) is 1.42. The summed E-state index contributed by atoms with van der Waals surface area (Å²) in [6, 6.07) is 3.53. The van der Waals surface area contributed by atoms with Crippen molar-refractivity contribution in [2.24, 2.45) is 5.73 Å². The van der Waals surface area contributed by atoms with Gasteiger partial charge in [-0.1, -0.05) is 17.0 Å². The van der Waals surface area contributed by atoms with E-state index in [4.69, 9.17) is 10.3 Å². The summed E-state index contributed by atoms with van der Waals surface area (Å²) in [7, 11) is 0. The first-order valence-electron chi connectivity index (χ1n) is 5.67. The van der Waals surface area contributed by atoms with E-state index in [1.807, 2.05) is 11.4 Å². The first-order chi connectivity index (χ1) is 9.19. The minimum atomic E-state index is -0.250. The number of amides is 1. The van der Waals surface area contributed by atoms with Gasteiger partial charge in [0.2, 0.25) is 0 Å². The SMILES string of the molecule is Cc1cc(C(=O)NCc2cc(C#CCN)cs2)no1. The van der Waals surface area contributed by atoms with Crippen molar-refractivity contribution in [2.45, 2.75) is 13.5 Å². The van der Waals surface area contributed by atoms with Crippen LogP contribution >= 0.6 is 11.3 Å². The molecule has 0 fully saturated rings. The highest BCUT2D eigenvalue weighted by atomic mass is 32.1. The van der Waals surface area contributed by atoms with E-state index in [0.29, 0.717) is 18.8 Å². The molecule has 2 rings (SSSR count). The van der Waals surface area contributed by atoms with Gasteiger partial charge in [0.1, 0.15) is 5.76 Å². The number of rotatable bonds is 3. The smallest absolute Gasteiger partial charge is 0.273 e.